The van der Waals surface area contributed by atoms with Gasteiger partial charge in [-0.05, 0) is 36.7 Å². The molecule has 0 aliphatic heterocycles. The minimum absolute atomic E-state index is 0.0823. The van der Waals surface area contributed by atoms with Gasteiger partial charge in [-0.2, -0.15) is 0 Å². The molecule has 0 saturated heterocycles. The fourth-order valence-corrected chi connectivity index (χ4v) is 4.38. The molecule has 0 radical (unpaired) electrons. The molecule has 98 valence electrons. The Balaban J connectivity index is 2.12. The van der Waals surface area contributed by atoms with E-state index in [9.17, 15) is 8.78 Å². The van der Waals surface area contributed by atoms with Crippen LogP contribution >= 0.6 is 22.7 Å². The number of nitrogens with one attached hydrogen (secondary N) is 1. The van der Waals surface area contributed by atoms with E-state index in [0.717, 1.165) is 14.3 Å². The van der Waals surface area contributed by atoms with Crippen molar-refractivity contribution in [1.29, 1.82) is 0 Å². The van der Waals surface area contributed by atoms with Gasteiger partial charge < -0.3 is 5.32 Å². The van der Waals surface area contributed by atoms with Crippen LogP contribution in [0.1, 0.15) is 16.5 Å². The monoisotopic (exact) mass is 295 g/mol. The van der Waals surface area contributed by atoms with Gasteiger partial charge in [0.25, 0.3) is 0 Å². The van der Waals surface area contributed by atoms with Crippen molar-refractivity contribution < 1.29 is 8.78 Å². The normalized spacial score (nSPS) is 13.0. The Kier molecular flexibility index (Phi) is 3.35. The Morgan fingerprint density at radius 1 is 1.11 bits per heavy atom. The quantitative estimate of drug-likeness (QED) is 0.747. The number of hydrogen-bond acceptors (Lipinski definition) is 3. The van der Waals surface area contributed by atoms with Crippen molar-refractivity contribution in [3.8, 4) is 0 Å². The molecule has 0 spiro atoms. The number of hydrogen-bond donors (Lipinski definition) is 1. The van der Waals surface area contributed by atoms with Crippen LogP contribution in [0.2, 0.25) is 0 Å². The van der Waals surface area contributed by atoms with Crippen LogP contribution in [0.25, 0.3) is 9.40 Å². The molecule has 1 N–H and O–H groups in total. The van der Waals surface area contributed by atoms with Gasteiger partial charge in [0, 0.05) is 19.8 Å². The van der Waals surface area contributed by atoms with Crippen LogP contribution in [0.3, 0.4) is 0 Å². The number of benzene rings is 1. The summed E-state index contributed by atoms with van der Waals surface area (Å²) in [5.41, 5.74) is 0.0823. The van der Waals surface area contributed by atoms with Gasteiger partial charge in [-0.15, -0.1) is 22.7 Å². The van der Waals surface area contributed by atoms with Crippen molar-refractivity contribution in [2.75, 3.05) is 7.05 Å². The average molecular weight is 295 g/mol. The first-order chi connectivity index (χ1) is 9.20. The summed E-state index contributed by atoms with van der Waals surface area (Å²) in [4.78, 5) is 0.924. The van der Waals surface area contributed by atoms with Crippen molar-refractivity contribution in [1.82, 2.24) is 5.32 Å². The lowest BCUT2D eigenvalue weighted by atomic mass is 10.0. The maximum absolute atomic E-state index is 13.9. The van der Waals surface area contributed by atoms with Gasteiger partial charge in [0.15, 0.2) is 0 Å². The Labute approximate surface area is 117 Å². The van der Waals surface area contributed by atoms with E-state index < -0.39 is 17.7 Å². The minimum Gasteiger partial charge on any atom is -0.308 e. The lowest BCUT2D eigenvalue weighted by molar-refractivity contribution is 0.525. The molecule has 3 aromatic rings. The molecule has 0 bridgehead atoms. The lowest BCUT2D eigenvalue weighted by Crippen LogP contribution is -2.19. The molecule has 1 nitrogen and oxygen atoms in total. The van der Waals surface area contributed by atoms with Gasteiger partial charge in [0.2, 0.25) is 0 Å². The zero-order chi connectivity index (χ0) is 13.4. The largest absolute Gasteiger partial charge is 0.308 e. The zero-order valence-corrected chi connectivity index (χ0v) is 11.7. The summed E-state index contributed by atoms with van der Waals surface area (Å²) in [6, 6.07) is 7.53. The summed E-state index contributed by atoms with van der Waals surface area (Å²) in [5, 5.41) is 5.02. The van der Waals surface area contributed by atoms with E-state index in [0.29, 0.717) is 0 Å². The molecule has 1 unspecified atom stereocenters. The third-order valence-corrected chi connectivity index (χ3v) is 5.18. The molecule has 1 atom stereocenters. The summed E-state index contributed by atoms with van der Waals surface area (Å²) >= 11 is 3.20. The van der Waals surface area contributed by atoms with Crippen molar-refractivity contribution in [2.45, 2.75) is 6.04 Å². The van der Waals surface area contributed by atoms with E-state index in [1.807, 2.05) is 17.5 Å². The lowest BCUT2D eigenvalue weighted by Gasteiger charge is -2.16. The topological polar surface area (TPSA) is 12.0 Å². The van der Waals surface area contributed by atoms with Crippen LogP contribution in [0.15, 0.2) is 35.7 Å². The van der Waals surface area contributed by atoms with E-state index in [1.54, 1.807) is 29.7 Å². The SMILES string of the molecule is CNC(c1cc2sccc2s1)c1c(F)cccc1F. The van der Waals surface area contributed by atoms with Crippen LogP contribution in [-0.4, -0.2) is 7.05 Å². The molecule has 0 amide bonds. The first-order valence-electron chi connectivity index (χ1n) is 5.79. The van der Waals surface area contributed by atoms with E-state index in [-0.39, 0.29) is 5.56 Å². The van der Waals surface area contributed by atoms with Gasteiger partial charge in [-0.1, -0.05) is 6.07 Å². The predicted molar refractivity (Wildman–Crippen MR) is 77.0 cm³/mol. The van der Waals surface area contributed by atoms with Crippen molar-refractivity contribution in [3.63, 3.8) is 0 Å². The molecular weight excluding hydrogens is 284 g/mol. The van der Waals surface area contributed by atoms with Crippen LogP contribution in [0.4, 0.5) is 8.78 Å². The summed E-state index contributed by atoms with van der Waals surface area (Å²) in [7, 11) is 1.71. The Hall–Kier alpha value is -1.30. The summed E-state index contributed by atoms with van der Waals surface area (Å²) in [6.45, 7) is 0. The van der Waals surface area contributed by atoms with E-state index in [4.69, 9.17) is 0 Å². The highest BCUT2D eigenvalue weighted by Crippen LogP contribution is 2.37. The fourth-order valence-electron chi connectivity index (χ4n) is 2.14. The van der Waals surface area contributed by atoms with E-state index >= 15 is 0 Å². The van der Waals surface area contributed by atoms with Crippen molar-refractivity contribution in [2.24, 2.45) is 0 Å². The second-order valence-corrected chi connectivity index (χ2v) is 6.22. The van der Waals surface area contributed by atoms with Crippen LogP contribution in [0, 0.1) is 11.6 Å². The first-order valence-corrected chi connectivity index (χ1v) is 7.48. The fraction of sp³-hybridized carbons (Fsp3) is 0.143. The highest BCUT2D eigenvalue weighted by molar-refractivity contribution is 7.27. The molecule has 19 heavy (non-hydrogen) atoms. The van der Waals surface area contributed by atoms with Crippen LogP contribution in [-0.2, 0) is 0 Å². The third kappa shape index (κ3) is 2.18. The van der Waals surface area contributed by atoms with Gasteiger partial charge in [0.1, 0.15) is 11.6 Å². The molecule has 0 saturated carbocycles. The minimum atomic E-state index is -0.517. The van der Waals surface area contributed by atoms with Gasteiger partial charge in [-0.25, -0.2) is 8.78 Å². The van der Waals surface area contributed by atoms with Crippen LogP contribution in [0.5, 0.6) is 0 Å². The molecule has 1 aromatic carbocycles. The molecular formula is C14H11F2NS2. The van der Waals surface area contributed by atoms with E-state index in [1.165, 1.54) is 18.2 Å². The maximum atomic E-state index is 13.9. The molecule has 3 rings (SSSR count). The highest BCUT2D eigenvalue weighted by Gasteiger charge is 2.22. The smallest absolute Gasteiger partial charge is 0.131 e. The molecule has 0 aliphatic carbocycles. The Morgan fingerprint density at radius 2 is 1.84 bits per heavy atom. The predicted octanol–water partition coefficient (Wildman–Crippen LogP) is 4.55. The number of thiophene rings is 2. The maximum Gasteiger partial charge on any atom is 0.131 e. The number of fused-ring (bicyclic) bond motifs is 1. The van der Waals surface area contributed by atoms with Crippen molar-refractivity contribution >= 4 is 32.1 Å². The highest BCUT2D eigenvalue weighted by atomic mass is 32.1. The Morgan fingerprint density at radius 3 is 2.47 bits per heavy atom. The first kappa shape index (κ1) is 12.7. The summed E-state index contributed by atoms with van der Waals surface area (Å²) in [5.74, 6) is -1.03. The summed E-state index contributed by atoms with van der Waals surface area (Å²) < 4.78 is 30.1. The van der Waals surface area contributed by atoms with Crippen molar-refractivity contribution in [3.05, 3.63) is 57.8 Å². The van der Waals surface area contributed by atoms with Crippen LogP contribution < -0.4 is 5.32 Å². The molecule has 5 heteroatoms. The summed E-state index contributed by atoms with van der Waals surface area (Å²) in [6.07, 6.45) is 0. The second kappa shape index (κ2) is 5.00. The second-order valence-electron chi connectivity index (χ2n) is 4.15. The van der Waals surface area contributed by atoms with E-state index in [2.05, 4.69) is 5.32 Å². The zero-order valence-electron chi connectivity index (χ0n) is 10.1. The van der Waals surface area contributed by atoms with Gasteiger partial charge in [0.05, 0.1) is 6.04 Å². The number of halogens is 2. The molecule has 2 heterocycles. The van der Waals surface area contributed by atoms with Gasteiger partial charge >= 0.3 is 0 Å². The molecule has 0 aliphatic rings. The van der Waals surface area contributed by atoms with Gasteiger partial charge in [-0.3, -0.25) is 0 Å². The molecule has 2 aromatic heterocycles. The average Bonchev–Trinajstić information content (AvgIpc) is 2.94. The standard InChI is InChI=1S/C14H11F2NS2/c1-17-14(13-8(15)3-2-4-9(13)16)12-7-11-10(19-12)5-6-18-11/h2-7,14,17H,1H3. The Bertz CT molecular complexity index is 668. The number of rotatable bonds is 3. The third-order valence-electron chi connectivity index (χ3n) is 3.02. The molecule has 0 fully saturated rings.